The Balaban J connectivity index is 4.59. The second kappa shape index (κ2) is 7.54. The van der Waals surface area contributed by atoms with Gasteiger partial charge < -0.3 is 0 Å². The molecule has 0 aliphatic heterocycles. The van der Waals surface area contributed by atoms with Crippen LogP contribution in [0.5, 0.6) is 0 Å². The second-order valence-electron chi connectivity index (χ2n) is 4.47. The summed E-state index contributed by atoms with van der Waals surface area (Å²) in [6.45, 7) is 4.67. The standard InChI is InChI=1S/C13H21F3O2/c1-4-9(7-12(14)15)10(17)8-11(18)13(16,5-2)6-3/h9,12H,4-8H2,1-3H3. The fourth-order valence-corrected chi connectivity index (χ4v) is 1.85. The minimum Gasteiger partial charge on any atom is -0.299 e. The first-order valence-electron chi connectivity index (χ1n) is 6.33. The topological polar surface area (TPSA) is 34.1 Å². The number of ketones is 2. The molecule has 0 spiro atoms. The van der Waals surface area contributed by atoms with Crippen molar-refractivity contribution in [3.8, 4) is 0 Å². The Morgan fingerprint density at radius 2 is 1.61 bits per heavy atom. The molecule has 0 heterocycles. The molecule has 5 heteroatoms. The summed E-state index contributed by atoms with van der Waals surface area (Å²) in [5, 5.41) is 0. The largest absolute Gasteiger partial charge is 0.299 e. The molecule has 0 N–H and O–H groups in total. The minimum absolute atomic E-state index is 0.00124. The van der Waals surface area contributed by atoms with E-state index in [1.165, 1.54) is 13.8 Å². The number of rotatable bonds is 9. The molecule has 1 atom stereocenters. The molecule has 18 heavy (non-hydrogen) atoms. The molecule has 2 nitrogen and oxygen atoms in total. The first-order chi connectivity index (χ1) is 8.30. The van der Waals surface area contributed by atoms with E-state index in [0.717, 1.165) is 0 Å². The quantitative estimate of drug-likeness (QED) is 0.596. The SMILES string of the molecule is CCC(CC(F)F)C(=O)CC(=O)C(F)(CC)CC. The molecule has 0 saturated heterocycles. The Bertz CT molecular complexity index is 286. The van der Waals surface area contributed by atoms with Crippen molar-refractivity contribution in [3.63, 3.8) is 0 Å². The summed E-state index contributed by atoms with van der Waals surface area (Å²) in [6, 6.07) is 0. The lowest BCUT2D eigenvalue weighted by Crippen LogP contribution is -2.35. The van der Waals surface area contributed by atoms with Gasteiger partial charge in [-0.2, -0.15) is 0 Å². The second-order valence-corrected chi connectivity index (χ2v) is 4.47. The van der Waals surface area contributed by atoms with E-state index in [1.807, 2.05) is 0 Å². The smallest absolute Gasteiger partial charge is 0.239 e. The van der Waals surface area contributed by atoms with Crippen LogP contribution in [0.15, 0.2) is 0 Å². The van der Waals surface area contributed by atoms with Gasteiger partial charge in [0.15, 0.2) is 11.5 Å². The highest BCUT2D eigenvalue weighted by Gasteiger charge is 2.36. The maximum atomic E-state index is 14.0. The monoisotopic (exact) mass is 266 g/mol. The molecule has 0 radical (unpaired) electrons. The molecule has 0 aromatic carbocycles. The molecule has 0 aliphatic rings. The van der Waals surface area contributed by atoms with Gasteiger partial charge in [-0.3, -0.25) is 9.59 Å². The number of hydrogen-bond donors (Lipinski definition) is 0. The highest BCUT2D eigenvalue weighted by Crippen LogP contribution is 2.25. The van der Waals surface area contributed by atoms with Gasteiger partial charge in [0.25, 0.3) is 0 Å². The molecule has 0 aromatic heterocycles. The maximum Gasteiger partial charge on any atom is 0.239 e. The van der Waals surface area contributed by atoms with Crippen molar-refractivity contribution in [1.29, 1.82) is 0 Å². The van der Waals surface area contributed by atoms with E-state index < -0.39 is 42.4 Å². The summed E-state index contributed by atoms with van der Waals surface area (Å²) in [5.74, 6) is -2.22. The number of Topliss-reactive ketones (excluding diaryl/α,β-unsaturated/α-hetero) is 2. The zero-order valence-electron chi connectivity index (χ0n) is 11.1. The van der Waals surface area contributed by atoms with Crippen molar-refractivity contribution in [2.45, 2.75) is 65.0 Å². The number of carbonyl (C=O) groups excluding carboxylic acids is 2. The molecule has 0 fully saturated rings. The van der Waals surface area contributed by atoms with Crippen molar-refractivity contribution in [2.24, 2.45) is 5.92 Å². The van der Waals surface area contributed by atoms with Crippen molar-refractivity contribution in [3.05, 3.63) is 0 Å². The summed E-state index contributed by atoms with van der Waals surface area (Å²) in [7, 11) is 0. The number of alkyl halides is 3. The van der Waals surface area contributed by atoms with Crippen molar-refractivity contribution in [1.82, 2.24) is 0 Å². The Kier molecular flexibility index (Phi) is 7.18. The average Bonchev–Trinajstić information content (AvgIpc) is 2.34. The highest BCUT2D eigenvalue weighted by molar-refractivity contribution is 6.03. The van der Waals surface area contributed by atoms with E-state index >= 15 is 0 Å². The van der Waals surface area contributed by atoms with Gasteiger partial charge >= 0.3 is 0 Å². The van der Waals surface area contributed by atoms with Gasteiger partial charge in [-0.25, -0.2) is 13.2 Å². The minimum atomic E-state index is -2.58. The van der Waals surface area contributed by atoms with E-state index in [-0.39, 0.29) is 19.3 Å². The Labute approximate surface area is 106 Å². The van der Waals surface area contributed by atoms with Crippen LogP contribution in [-0.2, 0) is 9.59 Å². The first kappa shape index (κ1) is 17.1. The Hall–Kier alpha value is -0.870. The fraction of sp³-hybridized carbons (Fsp3) is 0.846. The van der Waals surface area contributed by atoms with Gasteiger partial charge in [0, 0.05) is 12.3 Å². The summed E-state index contributed by atoms with van der Waals surface area (Å²) in [6.07, 6.45) is -3.47. The molecule has 0 aliphatic carbocycles. The van der Waals surface area contributed by atoms with Crippen LogP contribution in [0.25, 0.3) is 0 Å². The lowest BCUT2D eigenvalue weighted by molar-refractivity contribution is -0.137. The Morgan fingerprint density at radius 3 is 1.94 bits per heavy atom. The van der Waals surface area contributed by atoms with Gasteiger partial charge in [-0.05, 0) is 19.3 Å². The summed E-state index contributed by atoms with van der Waals surface area (Å²) in [4.78, 5) is 23.3. The predicted octanol–water partition coefficient (Wildman–Crippen LogP) is 3.72. The van der Waals surface area contributed by atoms with Crippen LogP contribution < -0.4 is 0 Å². The maximum absolute atomic E-state index is 14.0. The van der Waals surface area contributed by atoms with Crippen molar-refractivity contribution < 1.29 is 22.8 Å². The van der Waals surface area contributed by atoms with Crippen LogP contribution in [0, 0.1) is 5.92 Å². The summed E-state index contributed by atoms with van der Waals surface area (Å²) >= 11 is 0. The lowest BCUT2D eigenvalue weighted by atomic mass is 9.87. The fourth-order valence-electron chi connectivity index (χ4n) is 1.85. The third kappa shape index (κ3) is 4.78. The van der Waals surface area contributed by atoms with E-state index in [2.05, 4.69) is 0 Å². The lowest BCUT2D eigenvalue weighted by Gasteiger charge is -2.21. The van der Waals surface area contributed by atoms with Crippen LogP contribution in [0.4, 0.5) is 13.2 Å². The van der Waals surface area contributed by atoms with Gasteiger partial charge in [0.2, 0.25) is 6.43 Å². The van der Waals surface area contributed by atoms with Crippen LogP contribution in [0.1, 0.15) is 52.9 Å². The third-order valence-corrected chi connectivity index (χ3v) is 3.37. The number of halogens is 3. The molecule has 0 saturated carbocycles. The van der Waals surface area contributed by atoms with Crippen LogP contribution in [-0.4, -0.2) is 23.7 Å². The van der Waals surface area contributed by atoms with Crippen LogP contribution in [0.3, 0.4) is 0 Å². The number of carbonyl (C=O) groups is 2. The normalized spacial score (nSPS) is 13.7. The molecule has 0 aromatic rings. The summed E-state index contributed by atoms with van der Waals surface area (Å²) < 4.78 is 38.4. The first-order valence-corrected chi connectivity index (χ1v) is 6.33. The Morgan fingerprint density at radius 1 is 1.11 bits per heavy atom. The molecular weight excluding hydrogens is 245 g/mol. The van der Waals surface area contributed by atoms with E-state index in [4.69, 9.17) is 0 Å². The highest BCUT2D eigenvalue weighted by atomic mass is 19.3. The van der Waals surface area contributed by atoms with E-state index in [0.29, 0.717) is 0 Å². The summed E-state index contributed by atoms with van der Waals surface area (Å²) in [5.41, 5.74) is -2.00. The van der Waals surface area contributed by atoms with Crippen LogP contribution in [0.2, 0.25) is 0 Å². The molecule has 1 unspecified atom stereocenters. The average molecular weight is 266 g/mol. The van der Waals surface area contributed by atoms with Gasteiger partial charge in [-0.1, -0.05) is 20.8 Å². The zero-order valence-corrected chi connectivity index (χ0v) is 11.1. The van der Waals surface area contributed by atoms with E-state index in [1.54, 1.807) is 6.92 Å². The van der Waals surface area contributed by atoms with Crippen molar-refractivity contribution >= 4 is 11.6 Å². The molecule has 0 bridgehead atoms. The zero-order chi connectivity index (χ0) is 14.3. The third-order valence-electron chi connectivity index (χ3n) is 3.37. The molecule has 0 amide bonds. The van der Waals surface area contributed by atoms with Gasteiger partial charge in [0.05, 0.1) is 6.42 Å². The van der Waals surface area contributed by atoms with Gasteiger partial charge in [0.1, 0.15) is 5.78 Å². The van der Waals surface area contributed by atoms with Crippen molar-refractivity contribution in [2.75, 3.05) is 0 Å². The van der Waals surface area contributed by atoms with E-state index in [9.17, 15) is 22.8 Å². The van der Waals surface area contributed by atoms with Crippen LogP contribution >= 0.6 is 0 Å². The van der Waals surface area contributed by atoms with Gasteiger partial charge in [-0.15, -0.1) is 0 Å². The molecule has 106 valence electrons. The predicted molar refractivity (Wildman–Crippen MR) is 63.5 cm³/mol. The number of hydrogen-bond acceptors (Lipinski definition) is 2. The molecular formula is C13H21F3O2. The molecule has 0 rings (SSSR count).